The number of hydrogen-bond donors (Lipinski definition) is 1. The Morgan fingerprint density at radius 1 is 1.13 bits per heavy atom. The van der Waals surface area contributed by atoms with E-state index < -0.39 is 0 Å². The van der Waals surface area contributed by atoms with Crippen molar-refractivity contribution in [3.63, 3.8) is 0 Å². The number of nitrogens with zero attached hydrogens (tertiary/aromatic N) is 3. The summed E-state index contributed by atoms with van der Waals surface area (Å²) in [6.45, 7) is 9.54. The molecule has 7 heteroatoms. The number of anilines is 1. The van der Waals surface area contributed by atoms with Crippen LogP contribution in [0.15, 0.2) is 53.7 Å². The van der Waals surface area contributed by atoms with Crippen molar-refractivity contribution in [1.29, 1.82) is 0 Å². The Bertz CT molecular complexity index is 1000. The van der Waals surface area contributed by atoms with E-state index in [0.29, 0.717) is 12.5 Å². The number of para-hydroxylation sites is 1. The highest BCUT2D eigenvalue weighted by Gasteiger charge is 2.16. The minimum absolute atomic E-state index is 0.0579. The van der Waals surface area contributed by atoms with Crippen molar-refractivity contribution in [2.45, 2.75) is 52.4 Å². The van der Waals surface area contributed by atoms with Crippen molar-refractivity contribution in [3.05, 3.63) is 65.5 Å². The maximum Gasteiger partial charge on any atom is 0.234 e. The molecule has 0 fully saturated rings. The maximum atomic E-state index is 12.5. The van der Waals surface area contributed by atoms with Crippen LogP contribution in [-0.4, -0.2) is 26.4 Å². The fourth-order valence-corrected chi connectivity index (χ4v) is 3.86. The average molecular weight is 439 g/mol. The number of amides is 1. The Hall–Kier alpha value is -2.80. The summed E-state index contributed by atoms with van der Waals surface area (Å²) in [5.74, 6) is 2.32. The number of aryl methyl sites for hydroxylation is 2. The van der Waals surface area contributed by atoms with Crippen LogP contribution in [0.1, 0.15) is 37.2 Å². The molecule has 1 aromatic heterocycles. The molecule has 0 saturated carbocycles. The molecule has 0 aliphatic rings. The minimum atomic E-state index is -0.0579. The second-order valence-corrected chi connectivity index (χ2v) is 8.93. The first-order chi connectivity index (χ1) is 14.9. The molecule has 31 heavy (non-hydrogen) atoms. The topological polar surface area (TPSA) is 69.0 Å². The van der Waals surface area contributed by atoms with Crippen molar-refractivity contribution < 1.29 is 9.53 Å². The van der Waals surface area contributed by atoms with E-state index >= 15 is 0 Å². The molecule has 0 unspecified atom stereocenters. The lowest BCUT2D eigenvalue weighted by Gasteiger charge is -2.13. The number of carbonyl (C=O) groups is 1. The number of carbonyl (C=O) groups excluding carboxylic acids is 1. The summed E-state index contributed by atoms with van der Waals surface area (Å²) in [6, 6.07) is 15.7. The monoisotopic (exact) mass is 438 g/mol. The van der Waals surface area contributed by atoms with Gasteiger partial charge in [-0.05, 0) is 49.9 Å². The van der Waals surface area contributed by atoms with Gasteiger partial charge in [0.2, 0.25) is 5.91 Å². The number of ether oxygens (including phenoxy) is 1. The first-order valence-corrected chi connectivity index (χ1v) is 11.5. The van der Waals surface area contributed by atoms with Gasteiger partial charge in [0.25, 0.3) is 0 Å². The third-order valence-corrected chi connectivity index (χ3v) is 5.79. The molecule has 0 bridgehead atoms. The maximum absolute atomic E-state index is 12.5. The Morgan fingerprint density at radius 2 is 1.90 bits per heavy atom. The van der Waals surface area contributed by atoms with Gasteiger partial charge < -0.3 is 14.6 Å². The Labute approximate surface area is 188 Å². The summed E-state index contributed by atoms with van der Waals surface area (Å²) in [6.07, 6.45) is 0.999. The fourth-order valence-electron chi connectivity index (χ4n) is 3.08. The van der Waals surface area contributed by atoms with E-state index in [2.05, 4.69) is 40.0 Å². The van der Waals surface area contributed by atoms with Crippen molar-refractivity contribution in [2.75, 3.05) is 11.1 Å². The molecule has 1 N–H and O–H groups in total. The molecule has 3 aromatic rings. The molecule has 0 radical (unpaired) electrons. The van der Waals surface area contributed by atoms with Crippen LogP contribution in [-0.2, 0) is 17.9 Å². The molecule has 1 amide bonds. The molecule has 3 rings (SSSR count). The van der Waals surface area contributed by atoms with Gasteiger partial charge in [0.1, 0.15) is 12.4 Å². The number of hydrogen-bond acceptors (Lipinski definition) is 5. The minimum Gasteiger partial charge on any atom is -0.486 e. The van der Waals surface area contributed by atoms with Crippen LogP contribution in [0, 0.1) is 19.8 Å². The van der Waals surface area contributed by atoms with Crippen LogP contribution >= 0.6 is 11.8 Å². The number of aromatic nitrogens is 3. The van der Waals surface area contributed by atoms with Gasteiger partial charge in [-0.25, -0.2) is 0 Å². The van der Waals surface area contributed by atoms with Crippen molar-refractivity contribution in [2.24, 2.45) is 5.92 Å². The molecule has 0 saturated heterocycles. The zero-order chi connectivity index (χ0) is 22.2. The van der Waals surface area contributed by atoms with Gasteiger partial charge in [0, 0.05) is 12.2 Å². The number of thioether (sulfide) groups is 1. The third-order valence-electron chi connectivity index (χ3n) is 4.82. The molecule has 0 atom stereocenters. The lowest BCUT2D eigenvalue weighted by Crippen LogP contribution is -2.16. The molecule has 0 aliphatic heterocycles. The predicted molar refractivity (Wildman–Crippen MR) is 126 cm³/mol. The second-order valence-electron chi connectivity index (χ2n) is 7.99. The van der Waals surface area contributed by atoms with E-state index in [4.69, 9.17) is 4.74 Å². The highest BCUT2D eigenvalue weighted by Crippen LogP contribution is 2.21. The standard InChI is InChI=1S/C24H30N4O2S/c1-17(2)12-13-28-22(15-30-20-8-6-5-7-9-20)26-27-24(28)31-16-23(29)25-21-11-10-18(3)14-19(21)4/h5-11,14,17H,12-13,15-16H2,1-4H3,(H,25,29). The first-order valence-electron chi connectivity index (χ1n) is 10.5. The Kier molecular flexibility index (Phi) is 8.12. The van der Waals surface area contributed by atoms with Crippen LogP contribution in [0.2, 0.25) is 0 Å². The highest BCUT2D eigenvalue weighted by molar-refractivity contribution is 7.99. The highest BCUT2D eigenvalue weighted by atomic mass is 32.2. The molecular formula is C24H30N4O2S. The average Bonchev–Trinajstić information content (AvgIpc) is 3.13. The van der Waals surface area contributed by atoms with Crippen LogP contribution in [0.25, 0.3) is 0 Å². The SMILES string of the molecule is Cc1ccc(NC(=O)CSc2nnc(COc3ccccc3)n2CCC(C)C)c(C)c1. The van der Waals surface area contributed by atoms with Gasteiger partial charge in [-0.15, -0.1) is 10.2 Å². The van der Waals surface area contributed by atoms with E-state index in [1.165, 1.54) is 17.3 Å². The molecule has 1 heterocycles. The summed E-state index contributed by atoms with van der Waals surface area (Å²) in [5, 5.41) is 12.4. The predicted octanol–water partition coefficient (Wildman–Crippen LogP) is 5.25. The fraction of sp³-hybridized carbons (Fsp3) is 0.375. The van der Waals surface area contributed by atoms with Crippen molar-refractivity contribution in [3.8, 4) is 5.75 Å². The van der Waals surface area contributed by atoms with E-state index in [9.17, 15) is 4.79 Å². The Morgan fingerprint density at radius 3 is 2.61 bits per heavy atom. The van der Waals surface area contributed by atoms with Crippen molar-refractivity contribution in [1.82, 2.24) is 14.8 Å². The molecule has 0 spiro atoms. The zero-order valence-electron chi connectivity index (χ0n) is 18.6. The third kappa shape index (κ3) is 6.85. The van der Waals surface area contributed by atoms with E-state index in [0.717, 1.165) is 40.9 Å². The smallest absolute Gasteiger partial charge is 0.234 e. The van der Waals surface area contributed by atoms with Gasteiger partial charge in [0.15, 0.2) is 11.0 Å². The van der Waals surface area contributed by atoms with E-state index in [1.54, 1.807) is 0 Å². The number of rotatable bonds is 10. The number of nitrogens with one attached hydrogen (secondary N) is 1. The Balaban J connectivity index is 1.64. The van der Waals surface area contributed by atoms with Gasteiger partial charge in [-0.1, -0.05) is 61.5 Å². The van der Waals surface area contributed by atoms with E-state index in [1.807, 2.05) is 56.3 Å². The molecule has 164 valence electrons. The summed E-state index contributed by atoms with van der Waals surface area (Å²) in [4.78, 5) is 12.5. The van der Waals surface area contributed by atoms with Crippen LogP contribution < -0.4 is 10.1 Å². The largest absolute Gasteiger partial charge is 0.486 e. The van der Waals surface area contributed by atoms with Gasteiger partial charge in [-0.2, -0.15) is 0 Å². The summed E-state index contributed by atoms with van der Waals surface area (Å²) in [7, 11) is 0. The van der Waals surface area contributed by atoms with Crippen LogP contribution in [0.3, 0.4) is 0 Å². The lowest BCUT2D eigenvalue weighted by atomic mass is 10.1. The number of benzene rings is 2. The second kappa shape index (κ2) is 11.0. The molecular weight excluding hydrogens is 408 g/mol. The van der Waals surface area contributed by atoms with Gasteiger partial charge in [0.05, 0.1) is 5.75 Å². The molecule has 2 aromatic carbocycles. The zero-order valence-corrected chi connectivity index (χ0v) is 19.4. The van der Waals surface area contributed by atoms with Crippen LogP contribution in [0.5, 0.6) is 5.75 Å². The van der Waals surface area contributed by atoms with Gasteiger partial charge in [-0.3, -0.25) is 4.79 Å². The van der Waals surface area contributed by atoms with Crippen molar-refractivity contribution >= 4 is 23.4 Å². The summed E-state index contributed by atoms with van der Waals surface area (Å²) >= 11 is 1.40. The molecule has 0 aliphatic carbocycles. The normalized spacial score (nSPS) is 11.0. The summed E-state index contributed by atoms with van der Waals surface area (Å²) in [5.41, 5.74) is 3.07. The first kappa shape index (κ1) is 22.9. The summed E-state index contributed by atoms with van der Waals surface area (Å²) < 4.78 is 7.94. The van der Waals surface area contributed by atoms with E-state index in [-0.39, 0.29) is 11.7 Å². The molecule has 6 nitrogen and oxygen atoms in total. The lowest BCUT2D eigenvalue weighted by molar-refractivity contribution is -0.113. The van der Waals surface area contributed by atoms with Gasteiger partial charge >= 0.3 is 0 Å². The quantitative estimate of drug-likeness (QED) is 0.438. The van der Waals surface area contributed by atoms with Crippen LogP contribution in [0.4, 0.5) is 5.69 Å².